The third-order valence-electron chi connectivity index (χ3n) is 2.51. The van der Waals surface area contributed by atoms with Crippen molar-refractivity contribution < 1.29 is 27.9 Å². The second kappa shape index (κ2) is 6.97. The van der Waals surface area contributed by atoms with E-state index in [4.69, 9.17) is 5.11 Å². The molecule has 1 amide bonds. The fourth-order valence-corrected chi connectivity index (χ4v) is 1.64. The number of carbonyl (C=O) groups is 2. The van der Waals surface area contributed by atoms with Crippen molar-refractivity contribution in [3.05, 3.63) is 24.0 Å². The molecule has 2 N–H and O–H groups in total. The van der Waals surface area contributed by atoms with Crippen molar-refractivity contribution in [1.29, 1.82) is 0 Å². The standard InChI is InChI=1S/C12H15F3N2O3/c13-12(14,15)8-17-7-3-4-9(17)11(20)16-6-2-1-5-10(18)19/h3-4,7H,1-2,5-6,8H2,(H,16,20)(H,18,19). The quantitative estimate of drug-likeness (QED) is 0.755. The van der Waals surface area contributed by atoms with Crippen LogP contribution in [0.15, 0.2) is 18.3 Å². The van der Waals surface area contributed by atoms with E-state index in [1.165, 1.54) is 18.3 Å². The van der Waals surface area contributed by atoms with Gasteiger partial charge in [0.2, 0.25) is 0 Å². The average molecular weight is 292 g/mol. The van der Waals surface area contributed by atoms with Crippen LogP contribution in [-0.4, -0.2) is 34.3 Å². The van der Waals surface area contributed by atoms with Crippen LogP contribution in [0.4, 0.5) is 13.2 Å². The van der Waals surface area contributed by atoms with E-state index in [1.807, 2.05) is 0 Å². The van der Waals surface area contributed by atoms with Gasteiger partial charge in [0.15, 0.2) is 0 Å². The lowest BCUT2D eigenvalue weighted by molar-refractivity contribution is -0.140. The minimum absolute atomic E-state index is 0.000319. The largest absolute Gasteiger partial charge is 0.481 e. The topological polar surface area (TPSA) is 71.3 Å². The Balaban J connectivity index is 2.44. The number of rotatable bonds is 7. The number of hydrogen-bond donors (Lipinski definition) is 2. The Morgan fingerprint density at radius 1 is 1.30 bits per heavy atom. The zero-order valence-electron chi connectivity index (χ0n) is 10.6. The molecule has 0 saturated carbocycles. The molecule has 112 valence electrons. The summed E-state index contributed by atoms with van der Waals surface area (Å²) in [5.41, 5.74) is -0.0689. The summed E-state index contributed by atoms with van der Waals surface area (Å²) in [7, 11) is 0. The first-order valence-corrected chi connectivity index (χ1v) is 6.01. The molecule has 0 aliphatic carbocycles. The number of nitrogens with one attached hydrogen (secondary N) is 1. The number of hydrogen-bond acceptors (Lipinski definition) is 2. The highest BCUT2D eigenvalue weighted by Gasteiger charge is 2.29. The molecule has 0 saturated heterocycles. The second-order valence-corrected chi connectivity index (χ2v) is 4.24. The summed E-state index contributed by atoms with van der Waals surface area (Å²) in [6.45, 7) is -0.995. The van der Waals surface area contributed by atoms with E-state index in [1.54, 1.807) is 0 Å². The number of halogens is 3. The summed E-state index contributed by atoms with van der Waals surface area (Å²) < 4.78 is 37.7. The molecule has 0 aliphatic rings. The van der Waals surface area contributed by atoms with Crippen molar-refractivity contribution in [2.45, 2.75) is 32.0 Å². The molecule has 0 radical (unpaired) electrons. The maximum Gasteiger partial charge on any atom is 0.406 e. The SMILES string of the molecule is O=C(O)CCCCNC(=O)c1cccn1CC(F)(F)F. The molecule has 0 aromatic carbocycles. The van der Waals surface area contributed by atoms with E-state index in [9.17, 15) is 22.8 Å². The highest BCUT2D eigenvalue weighted by atomic mass is 19.4. The van der Waals surface area contributed by atoms with Gasteiger partial charge >= 0.3 is 12.1 Å². The van der Waals surface area contributed by atoms with Gasteiger partial charge < -0.3 is 15.0 Å². The minimum atomic E-state index is -4.39. The second-order valence-electron chi connectivity index (χ2n) is 4.24. The Kier molecular flexibility index (Phi) is 5.60. The van der Waals surface area contributed by atoms with Gasteiger partial charge in [0, 0.05) is 19.2 Å². The van der Waals surface area contributed by atoms with Gasteiger partial charge in [0.1, 0.15) is 12.2 Å². The van der Waals surface area contributed by atoms with E-state index >= 15 is 0 Å². The number of unbranched alkanes of at least 4 members (excludes halogenated alkanes) is 1. The first-order valence-electron chi connectivity index (χ1n) is 6.01. The van der Waals surface area contributed by atoms with Crippen LogP contribution in [0.5, 0.6) is 0 Å². The Morgan fingerprint density at radius 2 is 2.00 bits per heavy atom. The number of aromatic nitrogens is 1. The summed E-state index contributed by atoms with van der Waals surface area (Å²) in [5, 5.41) is 10.9. The molecule has 5 nitrogen and oxygen atoms in total. The lowest BCUT2D eigenvalue weighted by Gasteiger charge is -2.11. The van der Waals surface area contributed by atoms with Crippen LogP contribution in [0, 0.1) is 0 Å². The zero-order chi connectivity index (χ0) is 15.2. The molecule has 1 aromatic heterocycles. The molecular formula is C12H15F3N2O3. The molecule has 8 heteroatoms. The van der Waals surface area contributed by atoms with Crippen molar-refractivity contribution >= 4 is 11.9 Å². The smallest absolute Gasteiger partial charge is 0.406 e. The van der Waals surface area contributed by atoms with Crippen LogP contribution in [0.3, 0.4) is 0 Å². The monoisotopic (exact) mass is 292 g/mol. The fraction of sp³-hybridized carbons (Fsp3) is 0.500. The molecule has 1 heterocycles. The number of aliphatic carboxylic acids is 1. The van der Waals surface area contributed by atoms with Crippen LogP contribution in [0.1, 0.15) is 29.8 Å². The van der Waals surface area contributed by atoms with E-state index < -0.39 is 24.6 Å². The Morgan fingerprint density at radius 3 is 2.60 bits per heavy atom. The lowest BCUT2D eigenvalue weighted by Crippen LogP contribution is -2.29. The number of carbonyl (C=O) groups excluding carboxylic acids is 1. The molecule has 0 spiro atoms. The summed E-state index contributed by atoms with van der Waals surface area (Å²) in [4.78, 5) is 22.0. The molecule has 0 fully saturated rings. The molecule has 1 rings (SSSR count). The Bertz CT molecular complexity index is 469. The van der Waals surface area contributed by atoms with Gasteiger partial charge in [0.05, 0.1) is 0 Å². The number of carboxylic acids is 1. The van der Waals surface area contributed by atoms with Crippen molar-refractivity contribution in [3.8, 4) is 0 Å². The number of alkyl halides is 3. The molecular weight excluding hydrogens is 277 g/mol. The van der Waals surface area contributed by atoms with Crippen LogP contribution < -0.4 is 5.32 Å². The maximum absolute atomic E-state index is 12.3. The predicted octanol–water partition coefficient (Wildman–Crippen LogP) is 2.04. The molecule has 0 aliphatic heterocycles. The van der Waals surface area contributed by atoms with Crippen LogP contribution in [0.2, 0.25) is 0 Å². The normalized spacial score (nSPS) is 11.3. The third-order valence-corrected chi connectivity index (χ3v) is 2.51. The number of amides is 1. The average Bonchev–Trinajstić information content (AvgIpc) is 2.73. The molecule has 20 heavy (non-hydrogen) atoms. The van der Waals surface area contributed by atoms with Gasteiger partial charge in [0.25, 0.3) is 5.91 Å². The van der Waals surface area contributed by atoms with Gasteiger partial charge in [-0.25, -0.2) is 0 Å². The number of carboxylic acid groups (broad SMARTS) is 1. The van der Waals surface area contributed by atoms with Crippen LogP contribution in [0.25, 0.3) is 0 Å². The first kappa shape index (κ1) is 16.1. The van der Waals surface area contributed by atoms with Gasteiger partial charge in [-0.2, -0.15) is 13.2 Å². The van der Waals surface area contributed by atoms with Crippen molar-refractivity contribution in [2.24, 2.45) is 0 Å². The van der Waals surface area contributed by atoms with E-state index in [-0.39, 0.29) is 18.7 Å². The lowest BCUT2D eigenvalue weighted by atomic mass is 10.2. The molecule has 0 unspecified atom stereocenters. The highest BCUT2D eigenvalue weighted by molar-refractivity contribution is 5.92. The first-order chi connectivity index (χ1) is 9.29. The van der Waals surface area contributed by atoms with Crippen LogP contribution in [-0.2, 0) is 11.3 Å². The van der Waals surface area contributed by atoms with E-state index in [0.717, 1.165) is 4.57 Å². The maximum atomic E-state index is 12.3. The fourth-order valence-electron chi connectivity index (χ4n) is 1.64. The molecule has 0 bridgehead atoms. The summed E-state index contributed by atoms with van der Waals surface area (Å²) in [6.07, 6.45) is -2.35. The third kappa shape index (κ3) is 5.77. The van der Waals surface area contributed by atoms with Crippen molar-refractivity contribution in [2.75, 3.05) is 6.54 Å². The molecule has 0 atom stereocenters. The zero-order valence-corrected chi connectivity index (χ0v) is 10.6. The van der Waals surface area contributed by atoms with Gasteiger partial charge in [-0.05, 0) is 25.0 Å². The highest BCUT2D eigenvalue weighted by Crippen LogP contribution is 2.18. The van der Waals surface area contributed by atoms with Crippen LogP contribution >= 0.6 is 0 Å². The van der Waals surface area contributed by atoms with E-state index in [0.29, 0.717) is 12.8 Å². The minimum Gasteiger partial charge on any atom is -0.481 e. The van der Waals surface area contributed by atoms with Gasteiger partial charge in [-0.15, -0.1) is 0 Å². The number of nitrogens with zero attached hydrogens (tertiary/aromatic N) is 1. The molecule has 1 aromatic rings. The van der Waals surface area contributed by atoms with E-state index in [2.05, 4.69) is 5.32 Å². The van der Waals surface area contributed by atoms with Crippen molar-refractivity contribution in [1.82, 2.24) is 9.88 Å². The summed E-state index contributed by atoms with van der Waals surface area (Å²) >= 11 is 0. The Hall–Kier alpha value is -1.99. The van der Waals surface area contributed by atoms with Gasteiger partial charge in [-0.3, -0.25) is 9.59 Å². The summed E-state index contributed by atoms with van der Waals surface area (Å²) in [5.74, 6) is -1.52. The Labute approximate surface area is 113 Å². The summed E-state index contributed by atoms with van der Waals surface area (Å²) in [6, 6.07) is 2.67. The van der Waals surface area contributed by atoms with Crippen molar-refractivity contribution in [3.63, 3.8) is 0 Å². The van der Waals surface area contributed by atoms with Gasteiger partial charge in [-0.1, -0.05) is 0 Å². The predicted molar refractivity (Wildman–Crippen MR) is 64.3 cm³/mol.